The Bertz CT molecular complexity index is 906. The zero-order chi connectivity index (χ0) is 16.2. The molecule has 0 radical (unpaired) electrons. The van der Waals surface area contributed by atoms with E-state index in [0.29, 0.717) is 22.3 Å². The Balaban J connectivity index is 1.98. The summed E-state index contributed by atoms with van der Waals surface area (Å²) in [5.74, 6) is 0.585. The van der Waals surface area contributed by atoms with Gasteiger partial charge in [-0.3, -0.25) is 5.32 Å². The molecule has 23 heavy (non-hydrogen) atoms. The van der Waals surface area contributed by atoms with Crippen molar-refractivity contribution in [3.63, 3.8) is 0 Å². The number of nitriles is 1. The molecule has 0 spiro atoms. The molecule has 6 heteroatoms. The number of aliphatic imine (C=N–C) groups is 1. The highest BCUT2D eigenvalue weighted by Gasteiger charge is 2.09. The van der Waals surface area contributed by atoms with Gasteiger partial charge in [0, 0.05) is 5.56 Å². The highest BCUT2D eigenvalue weighted by Crippen LogP contribution is 2.27. The number of thioether (sulfide) groups is 1. The molecule has 114 valence electrons. The summed E-state index contributed by atoms with van der Waals surface area (Å²) in [6, 6.07) is 13.5. The fraction of sp³-hybridized carbons (Fsp3) is 0.118. The van der Waals surface area contributed by atoms with Crippen molar-refractivity contribution in [1.29, 1.82) is 5.26 Å². The Morgan fingerprint density at radius 1 is 1.26 bits per heavy atom. The van der Waals surface area contributed by atoms with Gasteiger partial charge in [-0.15, -0.1) is 0 Å². The Hall–Kier alpha value is -2.78. The van der Waals surface area contributed by atoms with Gasteiger partial charge in [-0.2, -0.15) is 5.26 Å². The standard InChI is InChI=1S/C17H14N4OS/c1-11-3-5-12(6-4-11)16-21-14-9-13(7-8-15(14)22-16)20-17(23-2)19-10-18/h3-9H,1-2H3,(H,19,20). The number of amidine groups is 1. The first kappa shape index (κ1) is 15.1. The van der Waals surface area contributed by atoms with Gasteiger partial charge < -0.3 is 4.42 Å². The molecule has 0 aliphatic heterocycles. The molecule has 0 saturated heterocycles. The molecular weight excluding hydrogens is 308 g/mol. The minimum atomic E-state index is 0.536. The van der Waals surface area contributed by atoms with E-state index in [1.165, 1.54) is 17.3 Å². The first-order valence-corrected chi connectivity index (χ1v) is 8.17. The molecule has 0 amide bonds. The van der Waals surface area contributed by atoms with E-state index in [4.69, 9.17) is 9.68 Å². The molecule has 1 N–H and O–H groups in total. The van der Waals surface area contributed by atoms with Crippen LogP contribution in [0.25, 0.3) is 22.6 Å². The van der Waals surface area contributed by atoms with Gasteiger partial charge in [-0.1, -0.05) is 29.5 Å². The van der Waals surface area contributed by atoms with Crippen LogP contribution in [-0.4, -0.2) is 16.4 Å². The lowest BCUT2D eigenvalue weighted by Gasteiger charge is -1.98. The van der Waals surface area contributed by atoms with Gasteiger partial charge in [0.25, 0.3) is 0 Å². The van der Waals surface area contributed by atoms with Crippen molar-refractivity contribution in [2.24, 2.45) is 4.99 Å². The Morgan fingerprint density at radius 3 is 2.74 bits per heavy atom. The fourth-order valence-corrected chi connectivity index (χ4v) is 2.44. The van der Waals surface area contributed by atoms with E-state index in [2.05, 4.69) is 15.3 Å². The zero-order valence-corrected chi connectivity index (χ0v) is 13.5. The van der Waals surface area contributed by atoms with Crippen molar-refractivity contribution >= 4 is 33.7 Å². The monoisotopic (exact) mass is 322 g/mol. The second-order valence-electron chi connectivity index (χ2n) is 4.89. The number of rotatable bonds is 2. The number of hydrogen-bond acceptors (Lipinski definition) is 5. The molecule has 3 aromatic rings. The molecule has 5 nitrogen and oxygen atoms in total. The van der Waals surface area contributed by atoms with Crippen LogP contribution in [0.1, 0.15) is 5.56 Å². The van der Waals surface area contributed by atoms with Crippen LogP contribution in [0.3, 0.4) is 0 Å². The van der Waals surface area contributed by atoms with Crippen LogP contribution in [0.4, 0.5) is 5.69 Å². The van der Waals surface area contributed by atoms with Gasteiger partial charge in [-0.25, -0.2) is 9.98 Å². The number of nitrogens with zero attached hydrogens (tertiary/aromatic N) is 3. The first-order chi connectivity index (χ1) is 11.2. The number of oxazole rings is 1. The van der Waals surface area contributed by atoms with E-state index in [1.807, 2.05) is 61.8 Å². The van der Waals surface area contributed by atoms with Crippen LogP contribution >= 0.6 is 11.8 Å². The summed E-state index contributed by atoms with van der Waals surface area (Å²) in [5, 5.41) is 11.8. The summed E-state index contributed by atoms with van der Waals surface area (Å²) in [6.07, 6.45) is 3.72. The molecule has 1 heterocycles. The molecule has 0 aliphatic rings. The molecule has 0 saturated carbocycles. The molecule has 0 fully saturated rings. The third-order valence-corrected chi connectivity index (χ3v) is 3.84. The average molecular weight is 322 g/mol. The summed E-state index contributed by atoms with van der Waals surface area (Å²) < 4.78 is 5.80. The Morgan fingerprint density at radius 2 is 2.04 bits per heavy atom. The van der Waals surface area contributed by atoms with Crippen LogP contribution in [0.5, 0.6) is 0 Å². The lowest BCUT2D eigenvalue weighted by atomic mass is 10.1. The van der Waals surface area contributed by atoms with Crippen LogP contribution < -0.4 is 5.32 Å². The first-order valence-electron chi connectivity index (χ1n) is 6.95. The van der Waals surface area contributed by atoms with Crippen molar-refractivity contribution in [1.82, 2.24) is 10.3 Å². The molecule has 0 aliphatic carbocycles. The summed E-state index contributed by atoms with van der Waals surface area (Å²) >= 11 is 1.37. The van der Waals surface area contributed by atoms with Gasteiger partial charge >= 0.3 is 0 Å². The van der Waals surface area contributed by atoms with E-state index in [9.17, 15) is 0 Å². The predicted molar refractivity (Wildman–Crippen MR) is 93.5 cm³/mol. The minimum absolute atomic E-state index is 0.536. The molecule has 0 bridgehead atoms. The van der Waals surface area contributed by atoms with Crippen molar-refractivity contribution in [3.8, 4) is 17.6 Å². The van der Waals surface area contributed by atoms with Crippen molar-refractivity contribution in [2.45, 2.75) is 6.92 Å². The summed E-state index contributed by atoms with van der Waals surface area (Å²) in [5.41, 5.74) is 4.29. The van der Waals surface area contributed by atoms with Crippen molar-refractivity contribution in [3.05, 3.63) is 48.0 Å². The number of aromatic nitrogens is 1. The fourth-order valence-electron chi connectivity index (χ4n) is 2.09. The normalized spacial score (nSPS) is 11.4. The van der Waals surface area contributed by atoms with Crippen molar-refractivity contribution < 1.29 is 4.42 Å². The van der Waals surface area contributed by atoms with Gasteiger partial charge in [0.15, 0.2) is 16.9 Å². The van der Waals surface area contributed by atoms with E-state index in [1.54, 1.807) is 0 Å². The molecule has 0 unspecified atom stereocenters. The number of nitrogens with one attached hydrogen (secondary N) is 1. The molecule has 3 rings (SSSR count). The van der Waals surface area contributed by atoms with Crippen LogP contribution in [0.2, 0.25) is 0 Å². The van der Waals surface area contributed by atoms with Crippen LogP contribution in [0, 0.1) is 18.4 Å². The Labute approximate surface area is 138 Å². The second kappa shape index (κ2) is 6.55. The maximum absolute atomic E-state index is 8.68. The summed E-state index contributed by atoms with van der Waals surface area (Å²) in [7, 11) is 0. The smallest absolute Gasteiger partial charge is 0.227 e. The lowest BCUT2D eigenvalue weighted by Crippen LogP contribution is -2.12. The van der Waals surface area contributed by atoms with Gasteiger partial charge in [0.2, 0.25) is 5.89 Å². The number of aryl methyl sites for hydroxylation is 1. The van der Waals surface area contributed by atoms with E-state index in [0.717, 1.165) is 11.1 Å². The van der Waals surface area contributed by atoms with Crippen LogP contribution in [-0.2, 0) is 0 Å². The van der Waals surface area contributed by atoms with E-state index < -0.39 is 0 Å². The van der Waals surface area contributed by atoms with E-state index >= 15 is 0 Å². The number of benzene rings is 2. The minimum Gasteiger partial charge on any atom is -0.436 e. The third kappa shape index (κ3) is 3.35. The maximum atomic E-state index is 8.68. The van der Waals surface area contributed by atoms with Gasteiger partial charge in [0.1, 0.15) is 5.52 Å². The predicted octanol–water partition coefficient (Wildman–Crippen LogP) is 4.22. The molecule has 2 aromatic carbocycles. The largest absolute Gasteiger partial charge is 0.436 e. The average Bonchev–Trinajstić information content (AvgIpc) is 2.98. The summed E-state index contributed by atoms with van der Waals surface area (Å²) in [4.78, 5) is 8.90. The highest BCUT2D eigenvalue weighted by atomic mass is 32.2. The molecular formula is C17H14N4OS. The molecule has 1 aromatic heterocycles. The Kier molecular flexibility index (Phi) is 4.31. The second-order valence-corrected chi connectivity index (χ2v) is 5.69. The maximum Gasteiger partial charge on any atom is 0.227 e. The van der Waals surface area contributed by atoms with Crippen LogP contribution in [0.15, 0.2) is 51.9 Å². The lowest BCUT2D eigenvalue weighted by molar-refractivity contribution is 0.620. The molecule has 0 atom stereocenters. The zero-order valence-electron chi connectivity index (χ0n) is 12.7. The SMILES string of the molecule is CSC(=Nc1ccc2oc(-c3ccc(C)cc3)nc2c1)NC#N. The van der Waals surface area contributed by atoms with E-state index in [-0.39, 0.29) is 0 Å². The quantitative estimate of drug-likeness (QED) is 0.331. The third-order valence-electron chi connectivity index (χ3n) is 3.26. The van der Waals surface area contributed by atoms with Gasteiger partial charge in [-0.05, 0) is 43.5 Å². The highest BCUT2D eigenvalue weighted by molar-refractivity contribution is 8.13. The topological polar surface area (TPSA) is 74.2 Å². The number of hydrogen-bond donors (Lipinski definition) is 1. The van der Waals surface area contributed by atoms with Crippen molar-refractivity contribution in [2.75, 3.05) is 6.26 Å². The summed E-state index contributed by atoms with van der Waals surface area (Å²) in [6.45, 7) is 2.04. The van der Waals surface area contributed by atoms with Gasteiger partial charge in [0.05, 0.1) is 5.69 Å². The number of fused-ring (bicyclic) bond motifs is 1.